The second kappa shape index (κ2) is 5.01. The highest BCUT2D eigenvalue weighted by molar-refractivity contribution is 5.31. The average Bonchev–Trinajstić information content (AvgIpc) is 3.06. The van der Waals surface area contributed by atoms with Crippen molar-refractivity contribution in [2.75, 3.05) is 7.11 Å². The summed E-state index contributed by atoms with van der Waals surface area (Å²) >= 11 is 0. The van der Waals surface area contributed by atoms with Crippen LogP contribution in [-0.2, 0) is 4.74 Å². The lowest BCUT2D eigenvalue weighted by molar-refractivity contribution is 0.0648. The molecule has 1 aromatic carbocycles. The second-order valence-electron chi connectivity index (χ2n) is 4.89. The quantitative estimate of drug-likeness (QED) is 0.652. The first-order valence-corrected chi connectivity index (χ1v) is 6.42. The summed E-state index contributed by atoms with van der Waals surface area (Å²) in [5.74, 6) is 0.635. The third kappa shape index (κ3) is 2.30. The van der Waals surface area contributed by atoms with Crippen molar-refractivity contribution in [3.05, 3.63) is 35.9 Å². The first-order valence-electron chi connectivity index (χ1n) is 6.42. The average molecular weight is 218 g/mol. The molecule has 0 amide bonds. The standard InChI is InChI=1S/C15H22O/c1-3-4-8-11-15(16-2)12-14(15)13-9-6-5-7-10-13/h5-7,9-10,14H,3-4,8,11-12H2,1-2H3/t14-,15+/m0/s1. The van der Waals surface area contributed by atoms with Crippen molar-refractivity contribution in [1.82, 2.24) is 0 Å². The van der Waals surface area contributed by atoms with Gasteiger partial charge in [0.05, 0.1) is 5.60 Å². The summed E-state index contributed by atoms with van der Waals surface area (Å²) in [6.45, 7) is 2.25. The Kier molecular flexibility index (Phi) is 3.65. The van der Waals surface area contributed by atoms with E-state index in [9.17, 15) is 0 Å². The van der Waals surface area contributed by atoms with Gasteiger partial charge < -0.3 is 4.74 Å². The summed E-state index contributed by atoms with van der Waals surface area (Å²) in [4.78, 5) is 0. The van der Waals surface area contributed by atoms with Crippen molar-refractivity contribution in [1.29, 1.82) is 0 Å². The van der Waals surface area contributed by atoms with Gasteiger partial charge in [-0.25, -0.2) is 0 Å². The van der Waals surface area contributed by atoms with Crippen molar-refractivity contribution in [3.8, 4) is 0 Å². The molecule has 1 fully saturated rings. The van der Waals surface area contributed by atoms with Gasteiger partial charge >= 0.3 is 0 Å². The first-order chi connectivity index (χ1) is 7.82. The summed E-state index contributed by atoms with van der Waals surface area (Å²) in [7, 11) is 1.87. The number of hydrogen-bond acceptors (Lipinski definition) is 1. The van der Waals surface area contributed by atoms with Gasteiger partial charge in [0.1, 0.15) is 0 Å². The van der Waals surface area contributed by atoms with E-state index in [1.165, 1.54) is 37.7 Å². The molecule has 0 aromatic heterocycles. The molecule has 0 unspecified atom stereocenters. The van der Waals surface area contributed by atoms with Crippen LogP contribution in [-0.4, -0.2) is 12.7 Å². The van der Waals surface area contributed by atoms with Crippen LogP contribution in [0.5, 0.6) is 0 Å². The van der Waals surface area contributed by atoms with Crippen molar-refractivity contribution in [3.63, 3.8) is 0 Å². The fourth-order valence-corrected chi connectivity index (χ4v) is 2.67. The fraction of sp³-hybridized carbons (Fsp3) is 0.600. The van der Waals surface area contributed by atoms with Crippen LogP contribution in [0.25, 0.3) is 0 Å². The van der Waals surface area contributed by atoms with Crippen LogP contribution in [0, 0.1) is 0 Å². The molecule has 2 atom stereocenters. The van der Waals surface area contributed by atoms with Gasteiger partial charge in [-0.2, -0.15) is 0 Å². The van der Waals surface area contributed by atoms with Crippen LogP contribution in [0.15, 0.2) is 30.3 Å². The molecule has 1 heteroatoms. The summed E-state index contributed by atoms with van der Waals surface area (Å²) < 4.78 is 5.76. The van der Waals surface area contributed by atoms with Crippen LogP contribution < -0.4 is 0 Å². The van der Waals surface area contributed by atoms with E-state index in [0.717, 1.165) is 0 Å². The zero-order chi connectivity index (χ0) is 11.4. The van der Waals surface area contributed by atoms with Gasteiger partial charge in [0, 0.05) is 13.0 Å². The first kappa shape index (κ1) is 11.7. The molecule has 0 radical (unpaired) electrons. The third-order valence-electron chi connectivity index (χ3n) is 3.84. The van der Waals surface area contributed by atoms with E-state index in [1.807, 2.05) is 7.11 Å². The van der Waals surface area contributed by atoms with E-state index in [4.69, 9.17) is 4.74 Å². The predicted octanol–water partition coefficient (Wildman–Crippen LogP) is 4.14. The van der Waals surface area contributed by atoms with E-state index < -0.39 is 0 Å². The molecule has 1 aliphatic carbocycles. The van der Waals surface area contributed by atoms with Gasteiger partial charge in [-0.3, -0.25) is 0 Å². The monoisotopic (exact) mass is 218 g/mol. The van der Waals surface area contributed by atoms with E-state index >= 15 is 0 Å². The van der Waals surface area contributed by atoms with Crippen molar-refractivity contribution >= 4 is 0 Å². The molecule has 0 bridgehead atoms. The van der Waals surface area contributed by atoms with Crippen molar-refractivity contribution in [2.24, 2.45) is 0 Å². The lowest BCUT2D eigenvalue weighted by atomic mass is 10.0. The summed E-state index contributed by atoms with van der Waals surface area (Å²) in [6.07, 6.45) is 6.34. The van der Waals surface area contributed by atoms with Gasteiger partial charge in [0.15, 0.2) is 0 Å². The molecular formula is C15H22O. The minimum atomic E-state index is 0.163. The Morgan fingerprint density at radius 2 is 2.00 bits per heavy atom. The minimum Gasteiger partial charge on any atom is -0.378 e. The summed E-state index contributed by atoms with van der Waals surface area (Å²) in [5.41, 5.74) is 1.61. The molecule has 1 aromatic rings. The number of methoxy groups -OCH3 is 1. The number of rotatable bonds is 6. The Hall–Kier alpha value is -0.820. The molecule has 0 spiro atoms. The molecule has 1 aliphatic rings. The Bertz CT molecular complexity index is 319. The third-order valence-corrected chi connectivity index (χ3v) is 3.84. The Morgan fingerprint density at radius 1 is 1.25 bits per heavy atom. The number of benzene rings is 1. The highest BCUT2D eigenvalue weighted by Gasteiger charge is 2.54. The highest BCUT2D eigenvalue weighted by atomic mass is 16.5. The van der Waals surface area contributed by atoms with E-state index in [-0.39, 0.29) is 5.60 Å². The van der Waals surface area contributed by atoms with Crippen molar-refractivity contribution in [2.45, 2.75) is 50.5 Å². The maximum absolute atomic E-state index is 5.76. The molecule has 0 saturated heterocycles. The molecule has 1 nitrogen and oxygen atoms in total. The Morgan fingerprint density at radius 3 is 2.62 bits per heavy atom. The lowest BCUT2D eigenvalue weighted by Crippen LogP contribution is -2.14. The highest BCUT2D eigenvalue weighted by Crippen LogP contribution is 2.56. The van der Waals surface area contributed by atoms with Gasteiger partial charge in [-0.15, -0.1) is 0 Å². The smallest absolute Gasteiger partial charge is 0.0754 e. The topological polar surface area (TPSA) is 9.23 Å². The molecule has 0 N–H and O–H groups in total. The SMILES string of the molecule is CCCCC[C@@]1(OC)C[C@H]1c1ccccc1. The minimum absolute atomic E-state index is 0.163. The predicted molar refractivity (Wildman–Crippen MR) is 67.7 cm³/mol. The van der Waals surface area contributed by atoms with Gasteiger partial charge in [0.2, 0.25) is 0 Å². The van der Waals surface area contributed by atoms with Gasteiger partial charge in [-0.05, 0) is 18.4 Å². The maximum atomic E-state index is 5.76. The molecule has 0 heterocycles. The number of hydrogen-bond donors (Lipinski definition) is 0. The van der Waals surface area contributed by atoms with Crippen LogP contribution in [0.3, 0.4) is 0 Å². The molecule has 0 aliphatic heterocycles. The molecule has 2 rings (SSSR count). The Balaban J connectivity index is 1.95. The molecule has 1 saturated carbocycles. The largest absolute Gasteiger partial charge is 0.378 e. The van der Waals surface area contributed by atoms with Crippen LogP contribution in [0.4, 0.5) is 0 Å². The molecular weight excluding hydrogens is 196 g/mol. The maximum Gasteiger partial charge on any atom is 0.0754 e. The van der Waals surface area contributed by atoms with E-state index in [0.29, 0.717) is 5.92 Å². The van der Waals surface area contributed by atoms with Gasteiger partial charge in [0.25, 0.3) is 0 Å². The normalized spacial score (nSPS) is 28.0. The summed E-state index contributed by atoms with van der Waals surface area (Å²) in [5, 5.41) is 0. The van der Waals surface area contributed by atoms with Crippen LogP contribution >= 0.6 is 0 Å². The fourth-order valence-electron chi connectivity index (χ4n) is 2.67. The molecule has 88 valence electrons. The van der Waals surface area contributed by atoms with Crippen LogP contribution in [0.1, 0.15) is 50.5 Å². The van der Waals surface area contributed by atoms with E-state index in [2.05, 4.69) is 37.3 Å². The zero-order valence-corrected chi connectivity index (χ0v) is 10.4. The van der Waals surface area contributed by atoms with Crippen LogP contribution in [0.2, 0.25) is 0 Å². The zero-order valence-electron chi connectivity index (χ0n) is 10.4. The van der Waals surface area contributed by atoms with Gasteiger partial charge in [-0.1, -0.05) is 56.5 Å². The Labute approximate surface area is 98.8 Å². The number of ether oxygens (including phenoxy) is 1. The second-order valence-corrected chi connectivity index (χ2v) is 4.89. The van der Waals surface area contributed by atoms with E-state index in [1.54, 1.807) is 0 Å². The number of unbranched alkanes of at least 4 members (excludes halogenated alkanes) is 2. The lowest BCUT2D eigenvalue weighted by Gasteiger charge is -2.15. The van der Waals surface area contributed by atoms with Crippen molar-refractivity contribution < 1.29 is 4.74 Å². The molecule has 16 heavy (non-hydrogen) atoms. The summed E-state index contributed by atoms with van der Waals surface area (Å²) in [6, 6.07) is 10.8.